The van der Waals surface area contributed by atoms with Crippen LogP contribution >= 0.6 is 0 Å². The van der Waals surface area contributed by atoms with E-state index < -0.39 is 0 Å². The summed E-state index contributed by atoms with van der Waals surface area (Å²) in [4.78, 5) is 14.7. The van der Waals surface area contributed by atoms with Gasteiger partial charge in [0.2, 0.25) is 0 Å². The first-order valence-corrected chi connectivity index (χ1v) is 7.86. The molecule has 1 N–H and O–H groups in total. The maximum atomic E-state index is 12.7. The highest BCUT2D eigenvalue weighted by Gasteiger charge is 2.17. The third-order valence-electron chi connectivity index (χ3n) is 3.38. The molecule has 1 aromatic rings. The molecule has 0 aliphatic rings. The summed E-state index contributed by atoms with van der Waals surface area (Å²) in [5, 5.41) is 3.28. The Balaban J connectivity index is 2.86. The third-order valence-corrected chi connectivity index (χ3v) is 3.38. The molecule has 0 radical (unpaired) electrons. The molecule has 0 fully saturated rings. The Bertz CT molecular complexity index is 396. The largest absolute Gasteiger partial charge is 0.385 e. The van der Waals surface area contributed by atoms with Crippen molar-refractivity contribution < 1.29 is 4.79 Å². The van der Waals surface area contributed by atoms with E-state index in [0.29, 0.717) is 0 Å². The van der Waals surface area contributed by atoms with Crippen molar-refractivity contribution >= 4 is 11.6 Å². The molecule has 0 atom stereocenters. The number of benzene rings is 1. The van der Waals surface area contributed by atoms with Crippen molar-refractivity contribution in [3.05, 3.63) is 29.8 Å². The highest BCUT2D eigenvalue weighted by molar-refractivity contribution is 5.99. The zero-order valence-corrected chi connectivity index (χ0v) is 13.1. The van der Waals surface area contributed by atoms with Crippen LogP contribution in [-0.2, 0) is 0 Å². The number of carbonyl (C=O) groups excluding carboxylic acids is 1. The van der Waals surface area contributed by atoms with Crippen molar-refractivity contribution in [2.75, 3.05) is 25.0 Å². The number of nitrogens with one attached hydrogen (secondary N) is 1. The minimum Gasteiger partial charge on any atom is -0.385 e. The predicted molar refractivity (Wildman–Crippen MR) is 86.3 cm³/mol. The molecule has 1 aromatic carbocycles. The summed E-state index contributed by atoms with van der Waals surface area (Å²) in [6.45, 7) is 8.91. The number of unbranched alkanes of at least 4 members (excludes halogenated alkanes) is 2. The van der Waals surface area contributed by atoms with Crippen molar-refractivity contribution in [2.24, 2.45) is 0 Å². The molecule has 0 aliphatic carbocycles. The minimum absolute atomic E-state index is 0.156. The van der Waals surface area contributed by atoms with E-state index in [1.165, 1.54) is 0 Å². The molecular weight excluding hydrogens is 248 g/mol. The van der Waals surface area contributed by atoms with Crippen LogP contribution in [0.15, 0.2) is 24.3 Å². The van der Waals surface area contributed by atoms with Gasteiger partial charge in [-0.1, -0.05) is 38.8 Å². The Labute approximate surface area is 123 Å². The van der Waals surface area contributed by atoms with Crippen LogP contribution in [0, 0.1) is 0 Å². The number of para-hydroxylation sites is 1. The Morgan fingerprint density at radius 2 is 1.65 bits per heavy atom. The van der Waals surface area contributed by atoms with Crippen LogP contribution < -0.4 is 5.32 Å². The maximum absolute atomic E-state index is 12.7. The quantitative estimate of drug-likeness (QED) is 0.734. The summed E-state index contributed by atoms with van der Waals surface area (Å²) < 4.78 is 0. The number of hydrogen-bond donors (Lipinski definition) is 1. The van der Waals surface area contributed by atoms with E-state index in [4.69, 9.17) is 0 Å². The molecule has 1 rings (SSSR count). The molecule has 1 amide bonds. The van der Waals surface area contributed by atoms with Crippen molar-refractivity contribution in [2.45, 2.75) is 46.5 Å². The normalized spacial score (nSPS) is 10.3. The lowest BCUT2D eigenvalue weighted by Gasteiger charge is -2.23. The molecule has 0 spiro atoms. The Kier molecular flexibility index (Phi) is 7.78. The Morgan fingerprint density at radius 3 is 2.20 bits per heavy atom. The van der Waals surface area contributed by atoms with Crippen molar-refractivity contribution in [1.29, 1.82) is 0 Å². The lowest BCUT2D eigenvalue weighted by atomic mass is 10.1. The van der Waals surface area contributed by atoms with E-state index in [1.807, 2.05) is 36.1 Å². The molecule has 0 aromatic heterocycles. The molecule has 20 heavy (non-hydrogen) atoms. The van der Waals surface area contributed by atoms with E-state index >= 15 is 0 Å². The SMILES string of the molecule is CCCCN(CCCC)C(=O)c1ccccc1NCC. The minimum atomic E-state index is 0.156. The second-order valence-electron chi connectivity index (χ2n) is 5.08. The van der Waals surface area contributed by atoms with Gasteiger partial charge in [-0.25, -0.2) is 0 Å². The summed E-state index contributed by atoms with van der Waals surface area (Å²) in [6.07, 6.45) is 4.37. The number of hydrogen-bond acceptors (Lipinski definition) is 2. The van der Waals surface area contributed by atoms with Gasteiger partial charge in [0.25, 0.3) is 5.91 Å². The van der Waals surface area contributed by atoms with Crippen LogP contribution in [0.4, 0.5) is 5.69 Å². The average Bonchev–Trinajstić information content (AvgIpc) is 2.48. The van der Waals surface area contributed by atoms with Crippen molar-refractivity contribution in [3.8, 4) is 0 Å². The van der Waals surface area contributed by atoms with Crippen LogP contribution in [0.2, 0.25) is 0 Å². The molecular formula is C17H28N2O. The second-order valence-corrected chi connectivity index (χ2v) is 5.08. The highest BCUT2D eigenvalue weighted by atomic mass is 16.2. The number of carbonyl (C=O) groups is 1. The molecule has 0 bridgehead atoms. The van der Waals surface area contributed by atoms with Crippen LogP contribution in [-0.4, -0.2) is 30.4 Å². The number of anilines is 1. The fourth-order valence-corrected chi connectivity index (χ4v) is 2.20. The van der Waals surface area contributed by atoms with Gasteiger partial charge in [0.1, 0.15) is 0 Å². The van der Waals surface area contributed by atoms with E-state index in [0.717, 1.165) is 56.6 Å². The van der Waals surface area contributed by atoms with E-state index in [1.54, 1.807) is 0 Å². The topological polar surface area (TPSA) is 32.3 Å². The van der Waals surface area contributed by atoms with Crippen LogP contribution in [0.1, 0.15) is 56.8 Å². The molecule has 3 nitrogen and oxygen atoms in total. The van der Waals surface area contributed by atoms with E-state index in [9.17, 15) is 4.79 Å². The molecule has 0 saturated carbocycles. The fourth-order valence-electron chi connectivity index (χ4n) is 2.20. The smallest absolute Gasteiger partial charge is 0.255 e. The van der Waals surface area contributed by atoms with Crippen LogP contribution in [0.25, 0.3) is 0 Å². The number of nitrogens with zero attached hydrogens (tertiary/aromatic N) is 1. The lowest BCUT2D eigenvalue weighted by molar-refractivity contribution is 0.0752. The van der Waals surface area contributed by atoms with Gasteiger partial charge in [0.15, 0.2) is 0 Å². The second kappa shape index (κ2) is 9.40. The molecule has 112 valence electrons. The fraction of sp³-hybridized carbons (Fsp3) is 0.588. The summed E-state index contributed by atoms with van der Waals surface area (Å²) >= 11 is 0. The zero-order valence-electron chi connectivity index (χ0n) is 13.1. The molecule has 0 aliphatic heterocycles. The first-order chi connectivity index (χ1) is 9.74. The monoisotopic (exact) mass is 276 g/mol. The molecule has 0 unspecified atom stereocenters. The summed E-state index contributed by atoms with van der Waals surface area (Å²) in [6, 6.07) is 7.81. The van der Waals surface area contributed by atoms with Gasteiger partial charge in [-0.15, -0.1) is 0 Å². The number of rotatable bonds is 9. The van der Waals surface area contributed by atoms with Gasteiger partial charge < -0.3 is 10.2 Å². The zero-order chi connectivity index (χ0) is 14.8. The number of amides is 1. The van der Waals surface area contributed by atoms with Gasteiger partial charge in [0, 0.05) is 25.3 Å². The standard InChI is InChI=1S/C17H28N2O/c1-4-7-13-19(14-8-5-2)17(20)15-11-9-10-12-16(15)18-6-3/h9-12,18H,4-8,13-14H2,1-3H3. The van der Waals surface area contributed by atoms with Crippen molar-refractivity contribution in [3.63, 3.8) is 0 Å². The Morgan fingerprint density at radius 1 is 1.05 bits per heavy atom. The maximum Gasteiger partial charge on any atom is 0.255 e. The van der Waals surface area contributed by atoms with E-state index in [2.05, 4.69) is 19.2 Å². The van der Waals surface area contributed by atoms with Crippen LogP contribution in [0.3, 0.4) is 0 Å². The molecule has 0 saturated heterocycles. The van der Waals surface area contributed by atoms with Gasteiger partial charge >= 0.3 is 0 Å². The summed E-state index contributed by atoms with van der Waals surface area (Å²) in [7, 11) is 0. The van der Waals surface area contributed by atoms with Gasteiger partial charge in [-0.2, -0.15) is 0 Å². The predicted octanol–water partition coefficient (Wildman–Crippen LogP) is 4.16. The van der Waals surface area contributed by atoms with E-state index in [-0.39, 0.29) is 5.91 Å². The van der Waals surface area contributed by atoms with Crippen LogP contribution in [0.5, 0.6) is 0 Å². The molecule has 3 heteroatoms. The molecule has 0 heterocycles. The third kappa shape index (κ3) is 4.87. The van der Waals surface area contributed by atoms with Gasteiger partial charge in [-0.05, 0) is 31.9 Å². The van der Waals surface area contributed by atoms with Crippen molar-refractivity contribution in [1.82, 2.24) is 4.90 Å². The lowest BCUT2D eigenvalue weighted by Crippen LogP contribution is -2.33. The summed E-state index contributed by atoms with van der Waals surface area (Å²) in [5.41, 5.74) is 1.74. The van der Waals surface area contributed by atoms with Gasteiger partial charge in [-0.3, -0.25) is 4.79 Å². The van der Waals surface area contributed by atoms with Gasteiger partial charge in [0.05, 0.1) is 5.56 Å². The highest BCUT2D eigenvalue weighted by Crippen LogP contribution is 2.18. The first kappa shape index (κ1) is 16.5. The Hall–Kier alpha value is -1.51. The average molecular weight is 276 g/mol. The first-order valence-electron chi connectivity index (χ1n) is 7.86. The summed E-state index contributed by atoms with van der Waals surface area (Å²) in [5.74, 6) is 0.156.